The van der Waals surface area contributed by atoms with Crippen LogP contribution in [-0.2, 0) is 60.3 Å². The Kier molecular flexibility index (Phi) is 16.8. The molecule has 26 nitrogen and oxygen atoms in total. The Morgan fingerprint density at radius 2 is 1.41 bits per heavy atom. The zero-order chi connectivity index (χ0) is 60.7. The van der Waals surface area contributed by atoms with E-state index in [0.717, 1.165) is 42.7 Å². The van der Waals surface area contributed by atoms with Crippen LogP contribution in [0.2, 0.25) is 0 Å². The van der Waals surface area contributed by atoms with Crippen molar-refractivity contribution >= 4 is 84.7 Å². The van der Waals surface area contributed by atoms with Crippen LogP contribution < -0.4 is 25.8 Å². The molecule has 10 atom stereocenters. The average Bonchev–Trinajstić information content (AvgIpc) is 2.12. The molecule has 0 bridgehead atoms. The van der Waals surface area contributed by atoms with E-state index in [9.17, 15) is 14.2 Å². The summed E-state index contributed by atoms with van der Waals surface area (Å²) in [7, 11) is -1.65. The van der Waals surface area contributed by atoms with Crippen LogP contribution in [-0.4, -0.2) is 131 Å². The number of amides is 1. The van der Waals surface area contributed by atoms with Crippen LogP contribution >= 0.6 is 25.7 Å². The Morgan fingerprint density at radius 3 is 2.09 bits per heavy atom. The number of nitrogens with two attached hydrogens (primary N) is 2. The molecule has 5 aromatic heterocycles. The summed E-state index contributed by atoms with van der Waals surface area (Å²) >= 11 is 0.680. The second-order valence-corrected chi connectivity index (χ2v) is 26.5. The van der Waals surface area contributed by atoms with Gasteiger partial charge in [0.2, 0.25) is 5.91 Å². The number of hydrogen-bond acceptors (Lipinski definition) is 23. The number of carbonyl (C=O) groups excluding carboxylic acids is 2. The lowest BCUT2D eigenvalue weighted by Crippen LogP contribution is -2.34. The molecule has 4 aromatic carbocycles. The molecule has 1 amide bonds. The first kappa shape index (κ1) is 59.3. The van der Waals surface area contributed by atoms with E-state index in [-0.39, 0.29) is 63.5 Å². The van der Waals surface area contributed by atoms with E-state index in [1.807, 2.05) is 55.5 Å². The molecule has 3 aliphatic rings. The number of aromatic nitrogens is 11. The van der Waals surface area contributed by atoms with Crippen molar-refractivity contribution in [2.24, 2.45) is 0 Å². The lowest BCUT2D eigenvalue weighted by atomic mass is 9.95. The first-order valence-electron chi connectivity index (χ1n) is 27.3. The number of alkyl halides is 2. The molecule has 12 rings (SSSR count). The molecule has 3 unspecified atom stereocenters. The van der Waals surface area contributed by atoms with Gasteiger partial charge >= 0.3 is 12.8 Å². The van der Waals surface area contributed by atoms with Gasteiger partial charge in [-0.3, -0.25) is 27.5 Å². The molecule has 9 aromatic rings. The van der Waals surface area contributed by atoms with Gasteiger partial charge in [0.15, 0.2) is 47.7 Å². The quantitative estimate of drug-likeness (QED) is 0.0316. The van der Waals surface area contributed by atoms with Crippen LogP contribution in [0, 0.1) is 0 Å². The van der Waals surface area contributed by atoms with Crippen molar-refractivity contribution in [2.45, 2.75) is 88.3 Å². The molecule has 8 heterocycles. The van der Waals surface area contributed by atoms with Crippen LogP contribution in [0.4, 0.5) is 26.1 Å². The topological polar surface area (TPSA) is 315 Å². The maximum absolute atomic E-state index is 16.8. The Balaban J connectivity index is 0.718. The van der Waals surface area contributed by atoms with Gasteiger partial charge in [0.05, 0.1) is 55.4 Å². The van der Waals surface area contributed by atoms with Crippen LogP contribution in [0.5, 0.6) is 11.5 Å². The fourth-order valence-corrected chi connectivity index (χ4v) is 14.6. The van der Waals surface area contributed by atoms with Crippen molar-refractivity contribution in [3.05, 3.63) is 139 Å². The monoisotopic (exact) mass is 1250 g/mol. The molecule has 2 fully saturated rings. The smallest absolute Gasteiger partial charge is 0.389 e. The zero-order valence-corrected chi connectivity index (χ0v) is 49.5. The van der Waals surface area contributed by atoms with Gasteiger partial charge in [-0.05, 0) is 71.9 Å². The Labute approximate surface area is 499 Å². The third kappa shape index (κ3) is 12.0. The predicted molar refractivity (Wildman–Crippen MR) is 316 cm³/mol. The summed E-state index contributed by atoms with van der Waals surface area (Å²) in [5, 5.41) is 9.15. The molecule has 3 aliphatic heterocycles. The van der Waals surface area contributed by atoms with Crippen LogP contribution in [0.25, 0.3) is 44.8 Å². The summed E-state index contributed by atoms with van der Waals surface area (Å²) in [6.45, 7) is -0.991. The minimum atomic E-state index is -4.59. The van der Waals surface area contributed by atoms with Crippen LogP contribution in [0.15, 0.2) is 122 Å². The summed E-state index contributed by atoms with van der Waals surface area (Å²) in [5.41, 5.74) is 18.3. The first-order valence-corrected chi connectivity index (χ1v) is 32.4. The van der Waals surface area contributed by atoms with Gasteiger partial charge in [0.25, 0.3) is 15.0 Å². The predicted octanol–water partition coefficient (Wildman–Crippen LogP) is 8.02. The van der Waals surface area contributed by atoms with E-state index in [0.29, 0.717) is 47.9 Å². The number of benzene rings is 4. The third-order valence-corrected chi connectivity index (χ3v) is 19.8. The molecule has 0 aliphatic carbocycles. The lowest BCUT2D eigenvalue weighted by Gasteiger charge is -2.28. The minimum absolute atomic E-state index is 0.00403. The molecule has 32 heteroatoms. The van der Waals surface area contributed by atoms with Gasteiger partial charge < -0.3 is 44.4 Å². The van der Waals surface area contributed by atoms with E-state index in [2.05, 4.69) is 40.2 Å². The summed E-state index contributed by atoms with van der Waals surface area (Å²) in [4.78, 5) is 53.2. The maximum Gasteiger partial charge on any atom is 0.389 e. The summed E-state index contributed by atoms with van der Waals surface area (Å²) < 4.78 is 113. The highest BCUT2D eigenvalue weighted by atomic mass is 32.7. The largest absolute Gasteiger partial charge is 0.492 e. The summed E-state index contributed by atoms with van der Waals surface area (Å²) in [6, 6.07) is 28.3. The van der Waals surface area contributed by atoms with Gasteiger partial charge in [-0.2, -0.15) is 0 Å². The van der Waals surface area contributed by atoms with E-state index >= 15 is 13.3 Å². The third-order valence-electron chi connectivity index (χ3n) is 14.9. The number of anilines is 3. The van der Waals surface area contributed by atoms with Crippen molar-refractivity contribution in [3.63, 3.8) is 0 Å². The molecule has 4 N–H and O–H groups in total. The molecule has 0 saturated carbocycles. The van der Waals surface area contributed by atoms with Gasteiger partial charge in [0, 0.05) is 30.4 Å². The van der Waals surface area contributed by atoms with E-state index in [4.69, 9.17) is 48.5 Å². The average molecular weight is 1250 g/mol. The van der Waals surface area contributed by atoms with Gasteiger partial charge in [-0.25, -0.2) is 52.7 Å². The molecular weight excluding hydrogens is 1190 g/mol. The zero-order valence-electron chi connectivity index (χ0n) is 46.9. The summed E-state index contributed by atoms with van der Waals surface area (Å²) in [5.74, 6) is 0.0332. The molecule has 87 heavy (non-hydrogen) atoms. The van der Waals surface area contributed by atoms with Crippen LogP contribution in [0.3, 0.4) is 0 Å². The fourth-order valence-electron chi connectivity index (χ4n) is 10.4. The normalized spacial score (nSPS) is 22.2. The van der Waals surface area contributed by atoms with Crippen molar-refractivity contribution in [2.75, 3.05) is 36.7 Å². The highest BCUT2D eigenvalue weighted by molar-refractivity contribution is 8.54. The van der Waals surface area contributed by atoms with E-state index in [1.165, 1.54) is 53.5 Å². The number of fused-ring (bicyclic) bond motifs is 7. The van der Waals surface area contributed by atoms with Crippen molar-refractivity contribution in [1.29, 1.82) is 0 Å². The minimum Gasteiger partial charge on any atom is -0.492 e. The number of nitrogens with zero attached hydrogens (tertiary/aromatic N) is 12. The number of ether oxygens (including phenoxy) is 4. The summed E-state index contributed by atoms with van der Waals surface area (Å²) in [6.07, 6.45) is -7.34. The van der Waals surface area contributed by atoms with Gasteiger partial charge in [0.1, 0.15) is 65.8 Å². The number of halogens is 2. The van der Waals surface area contributed by atoms with E-state index in [1.54, 1.807) is 46.0 Å². The Bertz CT molecular complexity index is 4140. The molecular formula is C55H55BF2N14O12P2S. The standard InChI is InChI=1S/C55H55BF2N14O12P2S/c1-4-40(73)69-23-33-9-5-6-10-36(33)46-43(37-11-7-8-12-38(37)69)67-68-72(46)21-22-78-34-19-15-32(16-20-34)55(74)81-35-17-13-31(14-18-35)25-87-86(76,84-47-30(2)80-53(41(47)57)70-28-65-44-49(59)61-26-63-51(44)70)79-24-39-48(83-85(56,75)77-3)42(58)54(82-39)71-29-66-45-50(60)62-27-64-52(45)71/h5-20,26-30,39,41-42,47-48,53-54H,4,21-25,56H2,1-3H3,(H2,59,61,63)(H2,60,62,64)/t30?,39-,41-,42-,47-,48-,53-,54-,85?,86?/m1/s1. The maximum atomic E-state index is 16.8. The number of carbonyl (C=O) groups is 2. The lowest BCUT2D eigenvalue weighted by molar-refractivity contribution is -0.118. The fraction of sp³-hybridized carbons (Fsp3) is 0.309. The highest BCUT2D eigenvalue weighted by Crippen LogP contribution is 2.64. The first-order chi connectivity index (χ1) is 42.0. The SMILES string of the molecule is BP(=O)(OC)O[C@H]1[C@@H](F)[C@H](n2cnc3c(N)ncnc32)O[C@@H]1COP(=O)(O[C@@H]1C(C)O[C@@H](n2cnc3c(N)ncnc32)[C@@H]1F)SCc1ccc(OC(=O)c2ccc(OCCn3nnc4c3-c3ccccc3CN(C(=O)CC)c3ccccc3-4)cc2)cc1. The number of hydrogen-bond donors (Lipinski definition) is 2. The highest BCUT2D eigenvalue weighted by Gasteiger charge is 2.53. The van der Waals surface area contributed by atoms with Gasteiger partial charge in [-0.15, -0.1) is 5.10 Å². The van der Waals surface area contributed by atoms with E-state index < -0.39 is 76.1 Å². The van der Waals surface area contributed by atoms with Crippen molar-refractivity contribution < 1.29 is 64.5 Å². The Morgan fingerprint density at radius 1 is 0.782 bits per heavy atom. The molecule has 0 spiro atoms. The number of esters is 1. The molecule has 2 saturated heterocycles. The van der Waals surface area contributed by atoms with Crippen molar-refractivity contribution in [1.82, 2.24) is 54.0 Å². The second kappa shape index (κ2) is 24.6. The number of nitrogen functional groups attached to an aromatic ring is 2. The van der Waals surface area contributed by atoms with Crippen LogP contribution in [0.1, 0.15) is 54.2 Å². The second-order valence-electron chi connectivity index (χ2n) is 20.4. The number of imidazole rings is 2. The number of para-hydroxylation sites is 1. The van der Waals surface area contributed by atoms with Gasteiger partial charge in [-0.1, -0.05) is 66.7 Å². The number of rotatable bonds is 20. The Hall–Kier alpha value is -8.05. The molecule has 0 radical (unpaired) electrons. The molecule has 450 valence electrons. The van der Waals surface area contributed by atoms with Crippen molar-refractivity contribution in [3.8, 4) is 34.0 Å².